The molecule has 1 heterocycles. The van der Waals surface area contributed by atoms with E-state index in [9.17, 15) is 4.79 Å². The zero-order valence-electron chi connectivity index (χ0n) is 12.7. The summed E-state index contributed by atoms with van der Waals surface area (Å²) in [5.74, 6) is 1.02. The summed E-state index contributed by atoms with van der Waals surface area (Å²) in [6.45, 7) is 2.76. The topological polar surface area (TPSA) is 54.1 Å². The molecule has 2 N–H and O–H groups in total. The third-order valence-electron chi connectivity index (χ3n) is 4.41. The summed E-state index contributed by atoms with van der Waals surface area (Å²) < 4.78 is 5.33. The van der Waals surface area contributed by atoms with Crippen LogP contribution >= 0.6 is 0 Å². The lowest BCUT2D eigenvalue weighted by atomic mass is 9.95. The zero-order chi connectivity index (χ0) is 14.9. The van der Waals surface area contributed by atoms with Gasteiger partial charge in [0, 0.05) is 35.5 Å². The van der Waals surface area contributed by atoms with Crippen molar-refractivity contribution in [3.05, 3.63) is 30.0 Å². The molecular formula is C17H22N2O2. The fourth-order valence-electron chi connectivity index (χ4n) is 2.94. The number of aromatic nitrogens is 1. The highest BCUT2D eigenvalue weighted by molar-refractivity contribution is 5.86. The molecule has 0 aliphatic heterocycles. The summed E-state index contributed by atoms with van der Waals surface area (Å²) in [6.07, 6.45) is 5.84. The number of ether oxygens (including phenoxy) is 1. The van der Waals surface area contributed by atoms with E-state index >= 15 is 0 Å². The SMILES string of the molecule is CCCC(=O)NCC1(c2c[nH]c3ccc(OC)cc23)CC1. The Morgan fingerprint density at radius 2 is 2.24 bits per heavy atom. The van der Waals surface area contributed by atoms with Crippen molar-refractivity contribution < 1.29 is 9.53 Å². The van der Waals surface area contributed by atoms with E-state index in [4.69, 9.17) is 4.74 Å². The second kappa shape index (κ2) is 5.43. The quantitative estimate of drug-likeness (QED) is 0.857. The molecule has 1 aromatic heterocycles. The van der Waals surface area contributed by atoms with Crippen molar-refractivity contribution in [2.24, 2.45) is 0 Å². The van der Waals surface area contributed by atoms with E-state index in [1.54, 1.807) is 7.11 Å². The highest BCUT2D eigenvalue weighted by atomic mass is 16.5. The second-order valence-corrected chi connectivity index (χ2v) is 5.92. The minimum Gasteiger partial charge on any atom is -0.497 e. The molecule has 1 fully saturated rings. The van der Waals surface area contributed by atoms with Crippen molar-refractivity contribution >= 4 is 16.8 Å². The highest BCUT2D eigenvalue weighted by Gasteiger charge is 2.45. The van der Waals surface area contributed by atoms with Crippen molar-refractivity contribution in [2.75, 3.05) is 13.7 Å². The highest BCUT2D eigenvalue weighted by Crippen LogP contribution is 2.50. The molecule has 0 atom stereocenters. The molecule has 4 nitrogen and oxygen atoms in total. The minimum atomic E-state index is 0.105. The molecule has 0 bridgehead atoms. The van der Waals surface area contributed by atoms with Gasteiger partial charge < -0.3 is 15.0 Å². The average molecular weight is 286 g/mol. The van der Waals surface area contributed by atoms with E-state index in [0.717, 1.165) is 37.1 Å². The smallest absolute Gasteiger partial charge is 0.220 e. The first-order chi connectivity index (χ1) is 10.2. The fourth-order valence-corrected chi connectivity index (χ4v) is 2.94. The van der Waals surface area contributed by atoms with E-state index in [1.807, 2.05) is 19.1 Å². The maximum absolute atomic E-state index is 11.7. The number of methoxy groups -OCH3 is 1. The number of fused-ring (bicyclic) bond motifs is 1. The predicted octanol–water partition coefficient (Wildman–Crippen LogP) is 3.12. The first kappa shape index (κ1) is 14.0. The van der Waals surface area contributed by atoms with E-state index in [2.05, 4.69) is 22.6 Å². The van der Waals surface area contributed by atoms with Crippen LogP contribution in [0.4, 0.5) is 0 Å². The third-order valence-corrected chi connectivity index (χ3v) is 4.41. The summed E-state index contributed by atoms with van der Waals surface area (Å²) in [6, 6.07) is 6.09. The molecule has 1 amide bonds. The van der Waals surface area contributed by atoms with Gasteiger partial charge in [-0.2, -0.15) is 0 Å². The third kappa shape index (κ3) is 2.62. The van der Waals surface area contributed by atoms with E-state index in [-0.39, 0.29) is 11.3 Å². The van der Waals surface area contributed by atoms with E-state index in [1.165, 1.54) is 10.9 Å². The van der Waals surface area contributed by atoms with Crippen LogP contribution in [0.25, 0.3) is 10.9 Å². The van der Waals surface area contributed by atoms with Crippen LogP contribution in [0, 0.1) is 0 Å². The van der Waals surface area contributed by atoms with Gasteiger partial charge in [0.05, 0.1) is 7.11 Å². The number of rotatable bonds is 6. The first-order valence-corrected chi connectivity index (χ1v) is 7.61. The lowest BCUT2D eigenvalue weighted by molar-refractivity contribution is -0.121. The summed E-state index contributed by atoms with van der Waals surface area (Å²) in [5, 5.41) is 4.29. The molecule has 1 saturated carbocycles. The van der Waals surface area contributed by atoms with Crippen LogP contribution in [0.1, 0.15) is 38.2 Å². The molecule has 1 aliphatic rings. The van der Waals surface area contributed by atoms with Crippen LogP contribution in [-0.2, 0) is 10.2 Å². The average Bonchev–Trinajstić information content (AvgIpc) is 3.16. The molecule has 1 aromatic carbocycles. The van der Waals surface area contributed by atoms with Crippen molar-refractivity contribution in [3.8, 4) is 5.75 Å². The molecular weight excluding hydrogens is 264 g/mol. The van der Waals surface area contributed by atoms with E-state index < -0.39 is 0 Å². The number of hydrogen-bond donors (Lipinski definition) is 2. The van der Waals surface area contributed by atoms with Crippen LogP contribution in [0.2, 0.25) is 0 Å². The van der Waals surface area contributed by atoms with Gasteiger partial charge in [-0.25, -0.2) is 0 Å². The second-order valence-electron chi connectivity index (χ2n) is 5.92. The number of carbonyl (C=O) groups is 1. The largest absolute Gasteiger partial charge is 0.497 e. The van der Waals surface area contributed by atoms with Crippen LogP contribution in [0.5, 0.6) is 5.75 Å². The number of H-pyrrole nitrogens is 1. The number of carbonyl (C=O) groups excluding carboxylic acids is 1. The van der Waals surface area contributed by atoms with Crippen molar-refractivity contribution in [1.82, 2.24) is 10.3 Å². The Balaban J connectivity index is 1.84. The maximum atomic E-state index is 11.7. The molecule has 1 aliphatic carbocycles. The monoisotopic (exact) mass is 286 g/mol. The Bertz CT molecular complexity index is 656. The maximum Gasteiger partial charge on any atom is 0.220 e. The van der Waals surface area contributed by atoms with Gasteiger partial charge in [-0.3, -0.25) is 4.79 Å². The van der Waals surface area contributed by atoms with Gasteiger partial charge in [-0.15, -0.1) is 0 Å². The van der Waals surface area contributed by atoms with Gasteiger partial charge >= 0.3 is 0 Å². The van der Waals surface area contributed by atoms with Crippen molar-refractivity contribution in [1.29, 1.82) is 0 Å². The number of benzene rings is 1. The number of amides is 1. The lowest BCUT2D eigenvalue weighted by Crippen LogP contribution is -2.31. The standard InChI is InChI=1S/C17H22N2O2/c1-3-4-16(20)19-11-17(7-8-17)14-10-18-15-6-5-12(21-2)9-13(14)15/h5-6,9-10,18H,3-4,7-8,11H2,1-2H3,(H,19,20). The Morgan fingerprint density at radius 3 is 2.90 bits per heavy atom. The normalized spacial score (nSPS) is 15.9. The summed E-state index contributed by atoms with van der Waals surface area (Å²) in [4.78, 5) is 15.0. The Morgan fingerprint density at radius 1 is 1.43 bits per heavy atom. The van der Waals surface area contributed by atoms with Gasteiger partial charge in [0.1, 0.15) is 5.75 Å². The molecule has 0 radical (unpaired) electrons. The van der Waals surface area contributed by atoms with Gasteiger partial charge in [0.25, 0.3) is 0 Å². The molecule has 112 valence electrons. The predicted molar refractivity (Wildman–Crippen MR) is 83.7 cm³/mol. The lowest BCUT2D eigenvalue weighted by Gasteiger charge is -2.16. The van der Waals surface area contributed by atoms with Crippen LogP contribution in [0.15, 0.2) is 24.4 Å². The van der Waals surface area contributed by atoms with Gasteiger partial charge in [-0.1, -0.05) is 6.92 Å². The number of hydrogen-bond acceptors (Lipinski definition) is 2. The minimum absolute atomic E-state index is 0.105. The Labute approximate surface area is 124 Å². The van der Waals surface area contributed by atoms with Gasteiger partial charge in [0.2, 0.25) is 5.91 Å². The van der Waals surface area contributed by atoms with Crippen molar-refractivity contribution in [3.63, 3.8) is 0 Å². The van der Waals surface area contributed by atoms with E-state index in [0.29, 0.717) is 6.42 Å². The molecule has 21 heavy (non-hydrogen) atoms. The Hall–Kier alpha value is -1.97. The fraction of sp³-hybridized carbons (Fsp3) is 0.471. The molecule has 0 spiro atoms. The van der Waals surface area contributed by atoms with Crippen LogP contribution in [-0.4, -0.2) is 24.5 Å². The summed E-state index contributed by atoms with van der Waals surface area (Å²) >= 11 is 0. The summed E-state index contributed by atoms with van der Waals surface area (Å²) in [5.41, 5.74) is 2.53. The van der Waals surface area contributed by atoms with Crippen LogP contribution < -0.4 is 10.1 Å². The molecule has 3 rings (SSSR count). The van der Waals surface area contributed by atoms with Gasteiger partial charge in [0.15, 0.2) is 0 Å². The molecule has 2 aromatic rings. The summed E-state index contributed by atoms with van der Waals surface area (Å²) in [7, 11) is 1.69. The molecule has 0 unspecified atom stereocenters. The first-order valence-electron chi connectivity index (χ1n) is 7.61. The zero-order valence-corrected chi connectivity index (χ0v) is 12.7. The molecule has 0 saturated heterocycles. The van der Waals surface area contributed by atoms with Crippen LogP contribution in [0.3, 0.4) is 0 Å². The van der Waals surface area contributed by atoms with Crippen molar-refractivity contribution in [2.45, 2.75) is 38.0 Å². The molecule has 4 heteroatoms. The Kier molecular flexibility index (Phi) is 3.62. The number of nitrogens with one attached hydrogen (secondary N) is 2. The van der Waals surface area contributed by atoms with Gasteiger partial charge in [-0.05, 0) is 43.0 Å². The number of aromatic amines is 1.